The van der Waals surface area contributed by atoms with E-state index in [9.17, 15) is 19.5 Å². The molecule has 0 saturated heterocycles. The Morgan fingerprint density at radius 1 is 0.933 bits per heavy atom. The first kappa shape index (κ1) is 33.9. The number of ether oxygens (including phenoxy) is 1. The van der Waals surface area contributed by atoms with Gasteiger partial charge in [-0.1, -0.05) is 63.9 Å². The lowest BCUT2D eigenvalue weighted by molar-refractivity contribution is -0.149. The highest BCUT2D eigenvalue weighted by atomic mass is 16.6. The Bertz CT molecular complexity index is 1170. The van der Waals surface area contributed by atoms with Gasteiger partial charge < -0.3 is 15.6 Å². The van der Waals surface area contributed by atoms with E-state index in [4.69, 9.17) is 10.5 Å². The van der Waals surface area contributed by atoms with Gasteiger partial charge in [0.1, 0.15) is 12.6 Å². The van der Waals surface area contributed by atoms with Crippen molar-refractivity contribution < 1.29 is 24.2 Å². The third kappa shape index (κ3) is 6.99. The van der Waals surface area contributed by atoms with Gasteiger partial charge in [-0.25, -0.2) is 14.5 Å². The molecular formula is C38H58N2O5. The van der Waals surface area contributed by atoms with Gasteiger partial charge in [0.15, 0.2) is 0 Å². The summed E-state index contributed by atoms with van der Waals surface area (Å²) in [5.74, 6) is 2.63. The van der Waals surface area contributed by atoms with E-state index < -0.39 is 24.0 Å². The summed E-state index contributed by atoms with van der Waals surface area (Å²) in [5, 5.41) is 10.1. The highest BCUT2D eigenvalue weighted by Gasteiger charge is 2.60. The van der Waals surface area contributed by atoms with Crippen LogP contribution < -0.4 is 5.73 Å². The van der Waals surface area contributed by atoms with Crippen LogP contribution in [0.4, 0.5) is 4.79 Å². The van der Waals surface area contributed by atoms with Crippen molar-refractivity contribution in [2.24, 2.45) is 52.1 Å². The lowest BCUT2D eigenvalue weighted by Crippen LogP contribution is -2.53. The van der Waals surface area contributed by atoms with E-state index in [1.165, 1.54) is 64.2 Å². The van der Waals surface area contributed by atoms with Crippen molar-refractivity contribution in [3.8, 4) is 0 Å². The minimum absolute atomic E-state index is 0.0151. The normalized spacial score (nSPS) is 33.6. The van der Waals surface area contributed by atoms with Crippen LogP contribution in [-0.4, -0.2) is 40.6 Å². The molecule has 1 aromatic carbocycles. The molecule has 5 rings (SSSR count). The van der Waals surface area contributed by atoms with Crippen molar-refractivity contribution in [2.45, 2.75) is 130 Å². The first-order chi connectivity index (χ1) is 21.6. The van der Waals surface area contributed by atoms with Gasteiger partial charge in [-0.2, -0.15) is 0 Å². The van der Waals surface area contributed by atoms with Crippen LogP contribution in [0.15, 0.2) is 30.3 Å². The molecule has 45 heavy (non-hydrogen) atoms. The summed E-state index contributed by atoms with van der Waals surface area (Å²) in [5.41, 5.74) is 7.26. The maximum Gasteiger partial charge on any atom is 0.417 e. The fraction of sp³-hybridized carbons (Fsp3) is 0.763. The summed E-state index contributed by atoms with van der Waals surface area (Å²) < 4.78 is 5.52. The Morgan fingerprint density at radius 2 is 1.69 bits per heavy atom. The predicted molar refractivity (Wildman–Crippen MR) is 176 cm³/mol. The van der Waals surface area contributed by atoms with Crippen LogP contribution >= 0.6 is 0 Å². The molecule has 4 aliphatic rings. The number of rotatable bonds is 12. The lowest BCUT2D eigenvalue weighted by Gasteiger charge is -2.61. The third-order valence-corrected chi connectivity index (χ3v) is 13.4. The summed E-state index contributed by atoms with van der Waals surface area (Å²) in [4.78, 5) is 40.3. The summed E-state index contributed by atoms with van der Waals surface area (Å²) in [6.45, 7) is 7.88. The molecule has 0 heterocycles. The van der Waals surface area contributed by atoms with E-state index in [1.54, 1.807) is 0 Å². The van der Waals surface area contributed by atoms with Crippen LogP contribution in [0.5, 0.6) is 0 Å². The smallest absolute Gasteiger partial charge is 0.417 e. The van der Waals surface area contributed by atoms with Gasteiger partial charge in [-0.05, 0) is 135 Å². The number of carbonyl (C=O) groups excluding carboxylic acids is 2. The number of imide groups is 1. The van der Waals surface area contributed by atoms with Gasteiger partial charge in [0.25, 0.3) is 0 Å². The fourth-order valence-corrected chi connectivity index (χ4v) is 11.0. The maximum atomic E-state index is 13.8. The number of nitrogens with zero attached hydrogens (tertiary/aromatic N) is 1. The number of nitrogens with two attached hydrogens (primary N) is 1. The van der Waals surface area contributed by atoms with E-state index in [0.29, 0.717) is 48.5 Å². The minimum Gasteiger partial charge on any atom is -0.480 e. The third-order valence-electron chi connectivity index (χ3n) is 13.4. The molecule has 9 atom stereocenters. The Morgan fingerprint density at radius 3 is 2.42 bits per heavy atom. The monoisotopic (exact) mass is 622 g/mol. The molecule has 0 spiro atoms. The number of hydrogen-bond donors (Lipinski definition) is 2. The van der Waals surface area contributed by atoms with Gasteiger partial charge in [0.05, 0.1) is 0 Å². The van der Waals surface area contributed by atoms with Gasteiger partial charge in [-0.15, -0.1) is 0 Å². The number of benzene rings is 1. The molecule has 1 unspecified atom stereocenters. The van der Waals surface area contributed by atoms with Crippen molar-refractivity contribution in [1.82, 2.24) is 4.90 Å². The number of unbranched alkanes of at least 4 members (excludes halogenated alkanes) is 1. The minimum atomic E-state index is -1.26. The topological polar surface area (TPSA) is 110 Å². The Kier molecular flexibility index (Phi) is 11.0. The predicted octanol–water partition coefficient (Wildman–Crippen LogP) is 8.20. The Hall–Kier alpha value is -2.41. The Labute approximate surface area is 271 Å². The molecule has 2 amide bonds. The second-order valence-corrected chi connectivity index (χ2v) is 15.6. The standard InChI is InChI=1S/C38H58N2O5/c1-26(30-18-19-31-29-17-16-28-13-7-9-22-37(28,2)32(29)21-23-38(30,31)3)15-20-34(41)40(33(35(42)43)14-8-10-24-39)36(44)45-25-27-11-5-4-6-12-27/h4-6,11-12,26,28-33H,7-10,13-25,39H2,1-3H3,(H,42,43)/t26-,28?,29+,30-,31+,32+,33+,37+,38-/m1/s1. The van der Waals surface area contributed by atoms with Gasteiger partial charge in [-0.3, -0.25) is 4.79 Å². The van der Waals surface area contributed by atoms with Crippen molar-refractivity contribution in [2.75, 3.05) is 6.54 Å². The number of carbonyl (C=O) groups is 3. The molecule has 250 valence electrons. The zero-order valence-electron chi connectivity index (χ0n) is 28.1. The molecule has 4 saturated carbocycles. The number of fused-ring (bicyclic) bond motifs is 5. The van der Waals surface area contributed by atoms with E-state index in [2.05, 4.69) is 20.8 Å². The lowest BCUT2D eigenvalue weighted by atomic mass is 9.44. The quantitative estimate of drug-likeness (QED) is 0.227. The van der Waals surface area contributed by atoms with Crippen LogP contribution in [0.3, 0.4) is 0 Å². The van der Waals surface area contributed by atoms with Crippen LogP contribution in [0.2, 0.25) is 0 Å². The number of amides is 2. The van der Waals surface area contributed by atoms with Crippen molar-refractivity contribution in [3.63, 3.8) is 0 Å². The molecule has 3 N–H and O–H groups in total. The van der Waals surface area contributed by atoms with Crippen molar-refractivity contribution >= 4 is 18.0 Å². The molecule has 4 fully saturated rings. The van der Waals surface area contributed by atoms with Crippen LogP contribution in [0, 0.1) is 46.3 Å². The summed E-state index contributed by atoms with van der Waals surface area (Å²) in [6.07, 6.45) is 14.8. The maximum absolute atomic E-state index is 13.8. The van der Waals surface area contributed by atoms with E-state index in [1.807, 2.05) is 30.3 Å². The molecule has 0 aliphatic heterocycles. The van der Waals surface area contributed by atoms with Crippen molar-refractivity contribution in [3.05, 3.63) is 35.9 Å². The second kappa shape index (κ2) is 14.6. The summed E-state index contributed by atoms with van der Waals surface area (Å²) in [6, 6.07) is 7.98. The van der Waals surface area contributed by atoms with Crippen LogP contribution in [-0.2, 0) is 20.9 Å². The van der Waals surface area contributed by atoms with Crippen LogP contribution in [0.25, 0.3) is 0 Å². The first-order valence-corrected chi connectivity index (χ1v) is 18.1. The van der Waals surface area contributed by atoms with Gasteiger partial charge in [0, 0.05) is 6.42 Å². The molecule has 0 bridgehead atoms. The van der Waals surface area contributed by atoms with Gasteiger partial charge >= 0.3 is 12.1 Å². The Balaban J connectivity index is 1.24. The first-order valence-electron chi connectivity index (χ1n) is 18.1. The molecule has 7 nitrogen and oxygen atoms in total. The zero-order chi connectivity index (χ0) is 32.2. The number of carboxylic acids is 1. The zero-order valence-corrected chi connectivity index (χ0v) is 28.1. The molecule has 7 heteroatoms. The van der Waals surface area contributed by atoms with Crippen molar-refractivity contribution in [1.29, 1.82) is 0 Å². The summed E-state index contributed by atoms with van der Waals surface area (Å²) >= 11 is 0. The molecule has 4 aliphatic carbocycles. The van der Waals surface area contributed by atoms with E-state index in [0.717, 1.165) is 34.1 Å². The second-order valence-electron chi connectivity index (χ2n) is 15.6. The average molecular weight is 623 g/mol. The molecular weight excluding hydrogens is 564 g/mol. The molecule has 0 radical (unpaired) electrons. The highest BCUT2D eigenvalue weighted by molar-refractivity contribution is 5.96. The average Bonchev–Trinajstić information content (AvgIpc) is 3.39. The summed E-state index contributed by atoms with van der Waals surface area (Å²) in [7, 11) is 0. The highest BCUT2D eigenvalue weighted by Crippen LogP contribution is 2.68. The number of hydrogen-bond acceptors (Lipinski definition) is 5. The number of aliphatic carboxylic acids is 1. The molecule has 1 aromatic rings. The number of carboxylic acid groups (broad SMARTS) is 1. The van der Waals surface area contributed by atoms with Gasteiger partial charge in [0.2, 0.25) is 5.91 Å². The van der Waals surface area contributed by atoms with E-state index >= 15 is 0 Å². The van der Waals surface area contributed by atoms with E-state index in [-0.39, 0.29) is 19.4 Å². The SMILES string of the molecule is C[C@H](CCC(=O)N(C(=O)OCc1ccccc1)[C@@H](CCCCN)C(=O)O)[C@H]1CC[C@H]2[C@@H]3CCC4CCCC[C@]4(C)[C@H]3CC[C@]12C. The largest absolute Gasteiger partial charge is 0.480 e. The molecule has 0 aromatic heterocycles. The van der Waals surface area contributed by atoms with Crippen LogP contribution in [0.1, 0.15) is 123 Å². The fourth-order valence-electron chi connectivity index (χ4n) is 11.0.